The molecule has 1 rings (SSSR count). The number of amides is 1. The number of hydrogen-bond acceptors (Lipinski definition) is 4. The van der Waals surface area contributed by atoms with Gasteiger partial charge in [0.05, 0.1) is 12.2 Å². The van der Waals surface area contributed by atoms with E-state index in [-0.39, 0.29) is 12.5 Å². The van der Waals surface area contributed by atoms with Crippen LogP contribution in [0.1, 0.15) is 10.4 Å². The molecule has 0 fully saturated rings. The van der Waals surface area contributed by atoms with Gasteiger partial charge in [0.2, 0.25) is 0 Å². The Labute approximate surface area is 76.0 Å². The topological polar surface area (TPSA) is 66.3 Å². The molecule has 0 aromatic carbocycles. The van der Waals surface area contributed by atoms with Gasteiger partial charge in [0.25, 0.3) is 5.91 Å². The number of nitrogens with zero attached hydrogens (tertiary/aromatic N) is 3. The van der Waals surface area contributed by atoms with Gasteiger partial charge < -0.3 is 10.0 Å². The highest BCUT2D eigenvalue weighted by Gasteiger charge is 2.10. The van der Waals surface area contributed by atoms with E-state index in [1.165, 1.54) is 23.6 Å². The van der Waals surface area contributed by atoms with Crippen molar-refractivity contribution in [3.63, 3.8) is 0 Å². The van der Waals surface area contributed by atoms with Gasteiger partial charge in [-0.15, -0.1) is 0 Å². The van der Waals surface area contributed by atoms with Gasteiger partial charge in [-0.25, -0.2) is 9.97 Å². The van der Waals surface area contributed by atoms with Crippen LogP contribution in [0.2, 0.25) is 0 Å². The molecule has 0 aliphatic carbocycles. The molecule has 0 spiro atoms. The van der Waals surface area contributed by atoms with E-state index >= 15 is 0 Å². The molecule has 0 atom stereocenters. The Hall–Kier alpha value is -1.49. The van der Waals surface area contributed by atoms with Gasteiger partial charge in [0.15, 0.2) is 0 Å². The minimum absolute atomic E-state index is 0.0457. The molecule has 1 aromatic rings. The normalized spacial score (nSPS) is 9.69. The molecule has 0 aliphatic heterocycles. The van der Waals surface area contributed by atoms with Crippen LogP contribution in [0.25, 0.3) is 0 Å². The monoisotopic (exact) mass is 181 g/mol. The highest BCUT2D eigenvalue weighted by molar-refractivity contribution is 5.93. The van der Waals surface area contributed by atoms with Crippen LogP contribution < -0.4 is 0 Å². The molecule has 0 unspecified atom stereocenters. The first-order chi connectivity index (χ1) is 6.25. The maximum absolute atomic E-state index is 11.5. The molecule has 5 nitrogen and oxygen atoms in total. The fourth-order valence-corrected chi connectivity index (χ4v) is 0.881. The molecule has 0 saturated carbocycles. The summed E-state index contributed by atoms with van der Waals surface area (Å²) >= 11 is 0. The average molecular weight is 181 g/mol. The summed E-state index contributed by atoms with van der Waals surface area (Å²) in [7, 11) is 1.62. The van der Waals surface area contributed by atoms with Crippen molar-refractivity contribution in [2.75, 3.05) is 20.2 Å². The van der Waals surface area contributed by atoms with Crippen molar-refractivity contribution >= 4 is 5.91 Å². The number of carbonyl (C=O) groups excluding carboxylic acids is 1. The Morgan fingerprint density at radius 1 is 1.54 bits per heavy atom. The maximum atomic E-state index is 11.5. The van der Waals surface area contributed by atoms with Gasteiger partial charge in [-0.05, 0) is 0 Å². The number of rotatable bonds is 3. The van der Waals surface area contributed by atoms with E-state index in [0.717, 1.165) is 0 Å². The van der Waals surface area contributed by atoms with E-state index in [1.807, 2.05) is 0 Å². The van der Waals surface area contributed by atoms with Gasteiger partial charge in [-0.3, -0.25) is 4.79 Å². The van der Waals surface area contributed by atoms with Crippen LogP contribution in [0.5, 0.6) is 0 Å². The summed E-state index contributed by atoms with van der Waals surface area (Å²) in [5.41, 5.74) is 0.429. The lowest BCUT2D eigenvalue weighted by atomic mass is 10.3. The third-order valence-corrected chi connectivity index (χ3v) is 1.59. The second-order valence-corrected chi connectivity index (χ2v) is 2.58. The number of aliphatic hydroxyl groups is 1. The van der Waals surface area contributed by atoms with Gasteiger partial charge >= 0.3 is 0 Å². The standard InChI is InChI=1S/C8H11N3O2/c1-11(2-3-12)8(13)7-4-9-6-10-5-7/h4-6,12H,2-3H2,1H3. The maximum Gasteiger partial charge on any atom is 0.256 e. The number of aromatic nitrogens is 2. The number of hydrogen-bond donors (Lipinski definition) is 1. The van der Waals surface area contributed by atoms with Crippen LogP contribution >= 0.6 is 0 Å². The summed E-state index contributed by atoms with van der Waals surface area (Å²) in [5.74, 6) is -0.186. The number of likely N-dealkylation sites (N-methyl/N-ethyl adjacent to an activating group) is 1. The quantitative estimate of drug-likeness (QED) is 0.685. The summed E-state index contributed by atoms with van der Waals surface area (Å²) in [5, 5.41) is 8.61. The predicted octanol–water partition coefficient (Wildman–Crippen LogP) is -0.459. The van der Waals surface area contributed by atoms with E-state index < -0.39 is 0 Å². The summed E-state index contributed by atoms with van der Waals surface area (Å²) in [6.07, 6.45) is 4.26. The Kier molecular flexibility index (Phi) is 3.33. The highest BCUT2D eigenvalue weighted by atomic mass is 16.3. The smallest absolute Gasteiger partial charge is 0.256 e. The van der Waals surface area contributed by atoms with E-state index in [1.54, 1.807) is 7.05 Å². The molecule has 1 amide bonds. The molecule has 0 radical (unpaired) electrons. The Morgan fingerprint density at radius 2 is 2.15 bits per heavy atom. The zero-order chi connectivity index (χ0) is 9.68. The van der Waals surface area contributed by atoms with Crippen molar-refractivity contribution in [1.29, 1.82) is 0 Å². The fourth-order valence-electron chi connectivity index (χ4n) is 0.881. The lowest BCUT2D eigenvalue weighted by molar-refractivity contribution is 0.0766. The van der Waals surface area contributed by atoms with Gasteiger partial charge in [0, 0.05) is 26.0 Å². The van der Waals surface area contributed by atoms with Crippen LogP contribution in [-0.2, 0) is 0 Å². The Balaban J connectivity index is 2.68. The molecule has 1 aromatic heterocycles. The van der Waals surface area contributed by atoms with E-state index in [0.29, 0.717) is 12.1 Å². The van der Waals surface area contributed by atoms with Crippen molar-refractivity contribution in [2.24, 2.45) is 0 Å². The molecule has 70 valence electrons. The second kappa shape index (κ2) is 4.51. The van der Waals surface area contributed by atoms with Crippen molar-refractivity contribution < 1.29 is 9.90 Å². The third-order valence-electron chi connectivity index (χ3n) is 1.59. The molecule has 0 aliphatic rings. The molecule has 1 N–H and O–H groups in total. The fraction of sp³-hybridized carbons (Fsp3) is 0.375. The van der Waals surface area contributed by atoms with Crippen molar-refractivity contribution in [2.45, 2.75) is 0 Å². The zero-order valence-electron chi connectivity index (χ0n) is 7.34. The van der Waals surface area contributed by atoms with Gasteiger partial charge in [0.1, 0.15) is 6.33 Å². The van der Waals surface area contributed by atoms with Crippen LogP contribution in [0.15, 0.2) is 18.7 Å². The average Bonchev–Trinajstić information content (AvgIpc) is 2.18. The highest BCUT2D eigenvalue weighted by Crippen LogP contribution is 1.98. The van der Waals surface area contributed by atoms with Crippen molar-refractivity contribution in [3.8, 4) is 0 Å². The van der Waals surface area contributed by atoms with Crippen LogP contribution in [-0.4, -0.2) is 46.1 Å². The van der Waals surface area contributed by atoms with E-state index in [9.17, 15) is 4.79 Å². The van der Waals surface area contributed by atoms with E-state index in [2.05, 4.69) is 9.97 Å². The Bertz CT molecular complexity index is 276. The summed E-state index contributed by atoms with van der Waals surface area (Å²) in [6.45, 7) is 0.268. The predicted molar refractivity (Wildman–Crippen MR) is 46.1 cm³/mol. The lowest BCUT2D eigenvalue weighted by Crippen LogP contribution is -2.29. The van der Waals surface area contributed by atoms with Gasteiger partial charge in [-0.1, -0.05) is 0 Å². The lowest BCUT2D eigenvalue weighted by Gasteiger charge is -2.14. The van der Waals surface area contributed by atoms with Gasteiger partial charge in [-0.2, -0.15) is 0 Å². The molecule has 0 saturated heterocycles. The summed E-state index contributed by atoms with van der Waals surface area (Å²) in [4.78, 5) is 20.3. The molecule has 0 bridgehead atoms. The zero-order valence-corrected chi connectivity index (χ0v) is 7.34. The molecule has 5 heteroatoms. The first kappa shape index (κ1) is 9.60. The summed E-state index contributed by atoms with van der Waals surface area (Å²) in [6, 6.07) is 0. The largest absolute Gasteiger partial charge is 0.395 e. The number of carbonyl (C=O) groups is 1. The van der Waals surface area contributed by atoms with Crippen molar-refractivity contribution in [1.82, 2.24) is 14.9 Å². The van der Waals surface area contributed by atoms with Crippen molar-refractivity contribution in [3.05, 3.63) is 24.3 Å². The molecule has 1 heterocycles. The minimum atomic E-state index is -0.186. The first-order valence-electron chi connectivity index (χ1n) is 3.87. The molecule has 13 heavy (non-hydrogen) atoms. The number of aliphatic hydroxyl groups excluding tert-OH is 1. The van der Waals surface area contributed by atoms with Crippen LogP contribution in [0.3, 0.4) is 0 Å². The second-order valence-electron chi connectivity index (χ2n) is 2.58. The SMILES string of the molecule is CN(CCO)C(=O)c1cncnc1. The Morgan fingerprint density at radius 3 is 2.69 bits per heavy atom. The molecular formula is C8H11N3O2. The summed E-state index contributed by atoms with van der Waals surface area (Å²) < 4.78 is 0. The first-order valence-corrected chi connectivity index (χ1v) is 3.87. The minimum Gasteiger partial charge on any atom is -0.395 e. The third kappa shape index (κ3) is 2.48. The van der Waals surface area contributed by atoms with E-state index in [4.69, 9.17) is 5.11 Å². The molecular weight excluding hydrogens is 170 g/mol. The van der Waals surface area contributed by atoms with Crippen LogP contribution in [0.4, 0.5) is 0 Å². The van der Waals surface area contributed by atoms with Crippen LogP contribution in [0, 0.1) is 0 Å².